The van der Waals surface area contributed by atoms with E-state index in [1.165, 1.54) is 0 Å². The predicted molar refractivity (Wildman–Crippen MR) is 68.5 cm³/mol. The molecule has 0 atom stereocenters. The number of rotatable bonds is 2. The zero-order chi connectivity index (χ0) is 12.4. The molecule has 2 rings (SSSR count). The maximum absolute atomic E-state index is 11.2. The number of hydrogen-bond donors (Lipinski definition) is 2. The highest BCUT2D eigenvalue weighted by molar-refractivity contribution is 9.10. The van der Waals surface area contributed by atoms with Crippen LogP contribution in [0.1, 0.15) is 10.6 Å². The number of furan rings is 1. The molecule has 1 amide bonds. The van der Waals surface area contributed by atoms with Crippen LogP contribution in [0.25, 0.3) is 11.3 Å². The van der Waals surface area contributed by atoms with Crippen LogP contribution in [-0.2, 0) is 0 Å². The van der Waals surface area contributed by atoms with Gasteiger partial charge in [-0.3, -0.25) is 10.2 Å². The molecule has 1 aromatic carbocycles. The van der Waals surface area contributed by atoms with Crippen molar-refractivity contribution in [1.82, 2.24) is 5.43 Å². The van der Waals surface area contributed by atoms with Crippen molar-refractivity contribution < 1.29 is 9.21 Å². The summed E-state index contributed by atoms with van der Waals surface area (Å²) in [5.74, 6) is 5.26. The van der Waals surface area contributed by atoms with Crippen molar-refractivity contribution in [2.24, 2.45) is 5.84 Å². The summed E-state index contributed by atoms with van der Waals surface area (Å²) in [7, 11) is 0. The first-order chi connectivity index (χ1) is 8.11. The van der Waals surface area contributed by atoms with Gasteiger partial charge < -0.3 is 4.42 Å². The Morgan fingerprint density at radius 2 is 2.12 bits per heavy atom. The number of amides is 1. The van der Waals surface area contributed by atoms with Crippen molar-refractivity contribution >= 4 is 33.4 Å². The molecule has 3 N–H and O–H groups in total. The van der Waals surface area contributed by atoms with Gasteiger partial charge in [0, 0.05) is 15.1 Å². The first-order valence-electron chi connectivity index (χ1n) is 4.68. The smallest absolute Gasteiger partial charge is 0.300 e. The number of nitrogen functional groups attached to an aromatic ring is 1. The van der Waals surface area contributed by atoms with Gasteiger partial charge in [-0.15, -0.1) is 0 Å². The minimum absolute atomic E-state index is 0.157. The molecule has 0 aliphatic heterocycles. The number of hydrazine groups is 1. The lowest BCUT2D eigenvalue weighted by atomic mass is 10.2. The molecule has 0 spiro atoms. The Labute approximate surface area is 111 Å². The summed E-state index contributed by atoms with van der Waals surface area (Å²) in [6.45, 7) is 0. The standard InChI is InChI=1S/C11H8BrClN2O2/c12-8-5-6(13)1-2-7(8)9-3-4-10(17-9)11(16)15-14/h1-5H,14H2,(H,15,16). The fourth-order valence-corrected chi connectivity index (χ4v) is 2.24. The lowest BCUT2D eigenvalue weighted by molar-refractivity contribution is 0.0927. The Hall–Kier alpha value is -1.30. The topological polar surface area (TPSA) is 68.3 Å². The van der Waals surface area contributed by atoms with Crippen LogP contribution < -0.4 is 11.3 Å². The van der Waals surface area contributed by atoms with Crippen molar-refractivity contribution in [3.05, 3.63) is 45.6 Å². The highest BCUT2D eigenvalue weighted by atomic mass is 79.9. The number of halogens is 2. The van der Waals surface area contributed by atoms with Gasteiger partial charge in [0.15, 0.2) is 5.76 Å². The molecule has 0 saturated carbocycles. The van der Waals surface area contributed by atoms with Gasteiger partial charge in [0.05, 0.1) is 0 Å². The molecule has 17 heavy (non-hydrogen) atoms. The summed E-state index contributed by atoms with van der Waals surface area (Å²) in [5.41, 5.74) is 2.81. The molecular formula is C11H8BrClN2O2. The molecule has 2 aromatic rings. The van der Waals surface area contributed by atoms with E-state index < -0.39 is 5.91 Å². The second-order valence-corrected chi connectivity index (χ2v) is 4.55. The van der Waals surface area contributed by atoms with Gasteiger partial charge in [0.1, 0.15) is 5.76 Å². The number of carbonyl (C=O) groups is 1. The Balaban J connectivity index is 2.40. The van der Waals surface area contributed by atoms with Crippen LogP contribution in [0, 0.1) is 0 Å². The molecule has 0 fully saturated rings. The fraction of sp³-hybridized carbons (Fsp3) is 0. The van der Waals surface area contributed by atoms with Gasteiger partial charge in [-0.05, 0) is 46.3 Å². The summed E-state index contributed by atoms with van der Waals surface area (Å²) < 4.78 is 6.17. The van der Waals surface area contributed by atoms with Crippen molar-refractivity contribution in [1.29, 1.82) is 0 Å². The summed E-state index contributed by atoms with van der Waals surface area (Å²) in [6, 6.07) is 8.54. The van der Waals surface area contributed by atoms with E-state index in [0.717, 1.165) is 10.0 Å². The normalized spacial score (nSPS) is 10.3. The number of hydrogen-bond acceptors (Lipinski definition) is 3. The Kier molecular flexibility index (Phi) is 3.51. The van der Waals surface area contributed by atoms with Gasteiger partial charge >= 0.3 is 5.91 Å². The van der Waals surface area contributed by atoms with E-state index in [1.54, 1.807) is 30.3 Å². The van der Waals surface area contributed by atoms with Crippen LogP contribution in [0.4, 0.5) is 0 Å². The average molecular weight is 316 g/mol. The van der Waals surface area contributed by atoms with Gasteiger partial charge in [0.25, 0.3) is 0 Å². The molecule has 1 aromatic heterocycles. The molecule has 0 aliphatic rings. The Morgan fingerprint density at radius 1 is 1.35 bits per heavy atom. The van der Waals surface area contributed by atoms with Crippen molar-refractivity contribution in [3.63, 3.8) is 0 Å². The van der Waals surface area contributed by atoms with E-state index in [1.807, 2.05) is 5.43 Å². The largest absolute Gasteiger partial charge is 0.451 e. The number of nitrogens with two attached hydrogens (primary N) is 1. The molecule has 4 nitrogen and oxygen atoms in total. The second-order valence-electron chi connectivity index (χ2n) is 3.26. The molecule has 0 aliphatic carbocycles. The van der Waals surface area contributed by atoms with Crippen LogP contribution in [0.2, 0.25) is 5.02 Å². The SMILES string of the molecule is NNC(=O)c1ccc(-c2ccc(Cl)cc2Br)o1. The van der Waals surface area contributed by atoms with Crippen LogP contribution in [-0.4, -0.2) is 5.91 Å². The summed E-state index contributed by atoms with van der Waals surface area (Å²) in [4.78, 5) is 11.2. The monoisotopic (exact) mass is 314 g/mol. The van der Waals surface area contributed by atoms with E-state index in [9.17, 15) is 4.79 Å². The zero-order valence-corrected chi connectivity index (χ0v) is 10.9. The van der Waals surface area contributed by atoms with Crippen molar-refractivity contribution in [2.45, 2.75) is 0 Å². The van der Waals surface area contributed by atoms with Gasteiger partial charge in [0.2, 0.25) is 0 Å². The highest BCUT2D eigenvalue weighted by Gasteiger charge is 2.12. The first kappa shape index (κ1) is 12.2. The van der Waals surface area contributed by atoms with E-state index >= 15 is 0 Å². The summed E-state index contributed by atoms with van der Waals surface area (Å²) in [5, 5.41) is 0.618. The van der Waals surface area contributed by atoms with Gasteiger partial charge in [-0.25, -0.2) is 5.84 Å². The van der Waals surface area contributed by atoms with E-state index in [4.69, 9.17) is 21.9 Å². The van der Waals surface area contributed by atoms with E-state index in [2.05, 4.69) is 15.9 Å². The minimum atomic E-state index is -0.471. The zero-order valence-electron chi connectivity index (χ0n) is 8.54. The molecule has 0 unspecified atom stereocenters. The molecule has 6 heteroatoms. The Morgan fingerprint density at radius 3 is 2.76 bits per heavy atom. The molecule has 1 heterocycles. The maximum Gasteiger partial charge on any atom is 0.300 e. The average Bonchev–Trinajstić information content (AvgIpc) is 2.77. The quantitative estimate of drug-likeness (QED) is 0.508. The predicted octanol–water partition coefficient (Wildman–Crippen LogP) is 2.97. The highest BCUT2D eigenvalue weighted by Crippen LogP contribution is 2.31. The van der Waals surface area contributed by atoms with E-state index in [0.29, 0.717) is 10.8 Å². The maximum atomic E-state index is 11.2. The first-order valence-corrected chi connectivity index (χ1v) is 5.85. The van der Waals surface area contributed by atoms with Crippen molar-refractivity contribution in [3.8, 4) is 11.3 Å². The molecular weight excluding hydrogens is 307 g/mol. The van der Waals surface area contributed by atoms with Crippen LogP contribution in [0.15, 0.2) is 39.2 Å². The third-order valence-corrected chi connectivity index (χ3v) is 3.05. The third-order valence-electron chi connectivity index (χ3n) is 2.16. The third kappa shape index (κ3) is 2.52. The lowest BCUT2D eigenvalue weighted by Gasteiger charge is -2.01. The molecule has 0 bridgehead atoms. The van der Waals surface area contributed by atoms with E-state index in [-0.39, 0.29) is 5.76 Å². The lowest BCUT2D eigenvalue weighted by Crippen LogP contribution is -2.29. The van der Waals surface area contributed by atoms with Crippen molar-refractivity contribution in [2.75, 3.05) is 0 Å². The molecule has 0 saturated heterocycles. The van der Waals surface area contributed by atoms with Crippen LogP contribution in [0.5, 0.6) is 0 Å². The minimum Gasteiger partial charge on any atom is -0.451 e. The molecule has 88 valence electrons. The molecule has 0 radical (unpaired) electrons. The summed E-state index contributed by atoms with van der Waals surface area (Å²) >= 11 is 9.22. The van der Waals surface area contributed by atoms with Gasteiger partial charge in [-0.2, -0.15) is 0 Å². The number of carbonyl (C=O) groups excluding carboxylic acids is 1. The van der Waals surface area contributed by atoms with Crippen LogP contribution >= 0.6 is 27.5 Å². The number of benzene rings is 1. The second kappa shape index (κ2) is 4.91. The fourth-order valence-electron chi connectivity index (χ4n) is 1.37. The summed E-state index contributed by atoms with van der Waals surface area (Å²) in [6.07, 6.45) is 0. The van der Waals surface area contributed by atoms with Crippen LogP contribution in [0.3, 0.4) is 0 Å². The Bertz CT molecular complexity index is 568. The van der Waals surface area contributed by atoms with Gasteiger partial charge in [-0.1, -0.05) is 11.6 Å². The number of nitrogens with one attached hydrogen (secondary N) is 1.